The SMILES string of the molecule is CO/N=C(\C)c1cc(-c2cnc(OC)c(C(=O)NC3CN(C(=O)C(C)C(F)(F)F)CC3F)c2)n2ncnc(N)c12. The van der Waals surface area contributed by atoms with Gasteiger partial charge < -0.3 is 25.5 Å². The molecule has 0 aromatic carbocycles. The number of methoxy groups -OCH3 is 1. The number of hydrogen-bond acceptors (Lipinski definition) is 9. The number of nitrogens with zero attached hydrogens (tertiary/aromatic N) is 6. The zero-order chi connectivity index (χ0) is 29.4. The minimum absolute atomic E-state index is 0.0820. The smallest absolute Gasteiger partial charge is 0.400 e. The number of oxime groups is 1. The predicted molar refractivity (Wildman–Crippen MR) is 134 cm³/mol. The molecular formula is C24H26F4N8O4. The number of aromatic nitrogens is 4. The van der Waals surface area contributed by atoms with E-state index in [0.717, 1.165) is 4.90 Å². The average molecular weight is 567 g/mol. The van der Waals surface area contributed by atoms with Gasteiger partial charge in [-0.2, -0.15) is 18.3 Å². The molecule has 0 bridgehead atoms. The maximum absolute atomic E-state index is 14.7. The van der Waals surface area contributed by atoms with E-state index >= 15 is 0 Å². The van der Waals surface area contributed by atoms with Crippen molar-refractivity contribution in [3.63, 3.8) is 0 Å². The van der Waals surface area contributed by atoms with E-state index in [1.54, 1.807) is 13.0 Å². The van der Waals surface area contributed by atoms with E-state index in [1.165, 1.54) is 37.3 Å². The molecule has 1 fully saturated rings. The Hall–Kier alpha value is -4.50. The molecule has 4 heterocycles. The van der Waals surface area contributed by atoms with Gasteiger partial charge >= 0.3 is 6.18 Å². The number of nitrogen functional groups attached to an aromatic ring is 1. The normalized spacial score (nSPS) is 18.6. The quantitative estimate of drug-likeness (QED) is 0.251. The number of carbonyl (C=O) groups excluding carboxylic acids is 2. The molecule has 3 atom stereocenters. The second kappa shape index (κ2) is 10.9. The number of carbonyl (C=O) groups is 2. The third-order valence-corrected chi connectivity index (χ3v) is 6.52. The summed E-state index contributed by atoms with van der Waals surface area (Å²) in [5, 5.41) is 10.6. The molecule has 214 valence electrons. The summed E-state index contributed by atoms with van der Waals surface area (Å²) in [4.78, 5) is 39.3. The summed E-state index contributed by atoms with van der Waals surface area (Å²) in [6.07, 6.45) is -3.88. The number of nitrogens with two attached hydrogens (primary N) is 1. The van der Waals surface area contributed by atoms with E-state index in [4.69, 9.17) is 15.3 Å². The molecule has 4 rings (SSSR count). The van der Waals surface area contributed by atoms with E-state index in [9.17, 15) is 27.2 Å². The van der Waals surface area contributed by atoms with Gasteiger partial charge in [0, 0.05) is 23.9 Å². The van der Waals surface area contributed by atoms with Crippen molar-refractivity contribution >= 4 is 28.9 Å². The van der Waals surface area contributed by atoms with Gasteiger partial charge in [-0.3, -0.25) is 9.59 Å². The van der Waals surface area contributed by atoms with Crippen LogP contribution in [-0.4, -0.2) is 87.7 Å². The third-order valence-electron chi connectivity index (χ3n) is 6.52. The van der Waals surface area contributed by atoms with Crippen molar-refractivity contribution in [2.75, 3.05) is 33.0 Å². The van der Waals surface area contributed by atoms with Crippen molar-refractivity contribution < 1.29 is 36.7 Å². The molecule has 0 saturated carbocycles. The first kappa shape index (κ1) is 28.5. The summed E-state index contributed by atoms with van der Waals surface area (Å²) in [6, 6.07) is 1.89. The average Bonchev–Trinajstić information content (AvgIpc) is 3.48. The number of likely N-dealkylation sites (tertiary alicyclic amines) is 1. The molecule has 0 spiro atoms. The zero-order valence-electron chi connectivity index (χ0n) is 21.9. The van der Waals surface area contributed by atoms with Crippen LogP contribution in [0.15, 0.2) is 29.8 Å². The Morgan fingerprint density at radius 1 is 1.20 bits per heavy atom. The highest BCUT2D eigenvalue weighted by atomic mass is 19.4. The Bertz CT molecular complexity index is 1480. The molecule has 1 aliphatic rings. The molecule has 1 saturated heterocycles. The highest BCUT2D eigenvalue weighted by Crippen LogP contribution is 2.31. The lowest BCUT2D eigenvalue weighted by molar-refractivity contribution is -0.185. The van der Waals surface area contributed by atoms with Gasteiger partial charge in [0.25, 0.3) is 5.91 Å². The predicted octanol–water partition coefficient (Wildman–Crippen LogP) is 2.23. The number of rotatable bonds is 7. The monoisotopic (exact) mass is 566 g/mol. The van der Waals surface area contributed by atoms with Gasteiger partial charge in [-0.1, -0.05) is 5.16 Å². The standard InChI is InChI=1S/C24H26F4N8O4/c1-11(24(26,27)28)23(38)35-8-16(25)17(9-35)33-21(37)15-5-13(7-30-22(15)39-3)18-6-14(12(2)34-40-4)19-20(29)31-10-32-36(18)19/h5-7,10-11,16-17H,8-9H2,1-4H3,(H,33,37)(H2,29,31,32)/b34-12+. The second-order valence-electron chi connectivity index (χ2n) is 9.09. The van der Waals surface area contributed by atoms with Gasteiger partial charge in [-0.25, -0.2) is 18.9 Å². The van der Waals surface area contributed by atoms with E-state index in [2.05, 4.69) is 25.5 Å². The highest BCUT2D eigenvalue weighted by Gasteiger charge is 2.46. The summed E-state index contributed by atoms with van der Waals surface area (Å²) >= 11 is 0. The Labute approximate surface area is 225 Å². The van der Waals surface area contributed by atoms with Crippen molar-refractivity contribution in [2.24, 2.45) is 11.1 Å². The van der Waals surface area contributed by atoms with Gasteiger partial charge in [0.1, 0.15) is 36.6 Å². The third kappa shape index (κ3) is 5.33. The summed E-state index contributed by atoms with van der Waals surface area (Å²) < 4.78 is 60.4. The number of anilines is 1. The van der Waals surface area contributed by atoms with Crippen molar-refractivity contribution in [1.29, 1.82) is 0 Å². The molecule has 2 amide bonds. The van der Waals surface area contributed by atoms with Gasteiger partial charge in [0.05, 0.1) is 31.1 Å². The number of nitrogens with one attached hydrogen (secondary N) is 1. The van der Waals surface area contributed by atoms with Gasteiger partial charge in [-0.05, 0) is 26.0 Å². The van der Waals surface area contributed by atoms with Crippen molar-refractivity contribution in [1.82, 2.24) is 29.8 Å². The van der Waals surface area contributed by atoms with Crippen LogP contribution in [-0.2, 0) is 9.63 Å². The largest absolute Gasteiger partial charge is 0.480 e. The Kier molecular flexibility index (Phi) is 7.79. The van der Waals surface area contributed by atoms with Crippen molar-refractivity contribution in [2.45, 2.75) is 32.2 Å². The van der Waals surface area contributed by atoms with Gasteiger partial charge in [0.15, 0.2) is 5.82 Å². The Balaban J connectivity index is 1.65. The second-order valence-corrected chi connectivity index (χ2v) is 9.09. The van der Waals surface area contributed by atoms with Crippen LogP contribution in [0.25, 0.3) is 16.8 Å². The lowest BCUT2D eigenvalue weighted by Crippen LogP contribution is -2.43. The van der Waals surface area contributed by atoms with Crippen LogP contribution in [0.5, 0.6) is 5.88 Å². The van der Waals surface area contributed by atoms with Crippen molar-refractivity contribution in [3.8, 4) is 17.1 Å². The van der Waals surface area contributed by atoms with Crippen molar-refractivity contribution in [3.05, 3.63) is 35.8 Å². The maximum atomic E-state index is 14.7. The van der Waals surface area contributed by atoms with E-state index in [0.29, 0.717) is 35.0 Å². The van der Waals surface area contributed by atoms with Crippen LogP contribution >= 0.6 is 0 Å². The molecule has 12 nitrogen and oxygen atoms in total. The fraction of sp³-hybridized carbons (Fsp3) is 0.417. The van der Waals surface area contributed by atoms with Crippen LogP contribution in [0.1, 0.15) is 29.8 Å². The molecule has 40 heavy (non-hydrogen) atoms. The van der Waals surface area contributed by atoms with E-state index < -0.39 is 49.2 Å². The zero-order valence-corrected chi connectivity index (χ0v) is 21.9. The number of ether oxygens (including phenoxy) is 1. The van der Waals surface area contributed by atoms with Crippen LogP contribution in [0.3, 0.4) is 0 Å². The molecule has 16 heteroatoms. The summed E-state index contributed by atoms with van der Waals surface area (Å²) in [6.45, 7) is 1.39. The number of fused-ring (bicyclic) bond motifs is 1. The van der Waals surface area contributed by atoms with Crippen LogP contribution < -0.4 is 15.8 Å². The molecule has 3 N–H and O–H groups in total. The first-order valence-corrected chi connectivity index (χ1v) is 11.9. The minimum Gasteiger partial charge on any atom is -0.480 e. The lowest BCUT2D eigenvalue weighted by Gasteiger charge is -2.22. The number of halogens is 4. The highest BCUT2D eigenvalue weighted by molar-refractivity contribution is 6.08. The Morgan fingerprint density at radius 3 is 2.58 bits per heavy atom. The summed E-state index contributed by atoms with van der Waals surface area (Å²) in [5.74, 6) is -4.29. The minimum atomic E-state index is -4.77. The number of amides is 2. The molecule has 0 aliphatic carbocycles. The van der Waals surface area contributed by atoms with Crippen LogP contribution in [0.4, 0.5) is 23.4 Å². The first-order chi connectivity index (χ1) is 18.9. The molecule has 3 unspecified atom stereocenters. The van der Waals surface area contributed by atoms with Gasteiger partial charge in [-0.15, -0.1) is 0 Å². The molecule has 1 aliphatic heterocycles. The molecular weight excluding hydrogens is 540 g/mol. The lowest BCUT2D eigenvalue weighted by atomic mass is 10.1. The van der Waals surface area contributed by atoms with E-state index in [-0.39, 0.29) is 17.3 Å². The summed E-state index contributed by atoms with van der Waals surface area (Å²) in [7, 11) is 2.67. The molecule has 3 aromatic rings. The fourth-order valence-electron chi connectivity index (χ4n) is 4.39. The Morgan fingerprint density at radius 2 is 1.93 bits per heavy atom. The topological polar surface area (TPSA) is 149 Å². The van der Waals surface area contributed by atoms with E-state index in [1.807, 2.05) is 0 Å². The number of pyridine rings is 1. The first-order valence-electron chi connectivity index (χ1n) is 11.9. The van der Waals surface area contributed by atoms with Crippen LogP contribution in [0, 0.1) is 5.92 Å². The number of hydrogen-bond donors (Lipinski definition) is 2. The molecule has 3 aromatic heterocycles. The van der Waals surface area contributed by atoms with Crippen LogP contribution in [0.2, 0.25) is 0 Å². The fourth-order valence-corrected chi connectivity index (χ4v) is 4.39. The summed E-state index contributed by atoms with van der Waals surface area (Å²) in [5.41, 5.74) is 8.32. The molecule has 0 radical (unpaired) electrons. The maximum Gasteiger partial charge on any atom is 0.400 e. The number of alkyl halides is 4. The van der Waals surface area contributed by atoms with Gasteiger partial charge in [0.2, 0.25) is 11.8 Å².